The van der Waals surface area contributed by atoms with Gasteiger partial charge in [0.25, 0.3) is 0 Å². The van der Waals surface area contributed by atoms with E-state index in [0.29, 0.717) is 40.8 Å². The molecule has 2 aromatic rings. The number of allylic oxidation sites excluding steroid dienone is 2. The molecule has 0 saturated heterocycles. The van der Waals surface area contributed by atoms with Crippen molar-refractivity contribution >= 4 is 17.4 Å². The Morgan fingerprint density at radius 1 is 1.10 bits per heavy atom. The van der Waals surface area contributed by atoms with Crippen molar-refractivity contribution in [2.24, 2.45) is 16.9 Å². The molecule has 2 aromatic carbocycles. The number of hydrogen-bond donors (Lipinski definition) is 2. The highest BCUT2D eigenvalue weighted by Crippen LogP contribution is 2.46. The summed E-state index contributed by atoms with van der Waals surface area (Å²) in [5, 5.41) is 27.1. The molecule has 10 nitrogen and oxygen atoms in total. The molecule has 0 radical (unpaired) electrons. The van der Waals surface area contributed by atoms with Gasteiger partial charge in [0, 0.05) is 11.8 Å². The lowest BCUT2D eigenvalue weighted by Crippen LogP contribution is -2.40. The third-order valence-electron chi connectivity index (χ3n) is 7.14. The van der Waals surface area contributed by atoms with Gasteiger partial charge in [0.2, 0.25) is 5.75 Å². The van der Waals surface area contributed by atoms with Gasteiger partial charge in [0.05, 0.1) is 51.3 Å². The first kappa shape index (κ1) is 27.8. The average molecular weight is 539 g/mol. The van der Waals surface area contributed by atoms with E-state index in [9.17, 15) is 15.0 Å². The highest BCUT2D eigenvalue weighted by Gasteiger charge is 2.46. The van der Waals surface area contributed by atoms with E-state index in [2.05, 4.69) is 6.58 Å². The predicted octanol–water partition coefficient (Wildman–Crippen LogP) is 4.55. The standard InChI is InChI=1S/C29H34N2O8/c1-16-11-17(2)38-15-39-18(3)25(19-12-23(35-4)28(37-6)24(13-19)36-5)26(29(33)34)22-14-31(30-27(16)22)20-7-9-21(32)10-8-20/h7-13,18,22,25-26,32H,2,14-15H2,1,3-6H3,(H,33,34)/b16-11+/t18?,22-,25-,26-/m0/s1. The maximum absolute atomic E-state index is 13.1. The number of anilines is 1. The Kier molecular flexibility index (Phi) is 8.35. The second-order valence-electron chi connectivity index (χ2n) is 9.47. The van der Waals surface area contributed by atoms with Crippen LogP contribution in [-0.4, -0.2) is 62.7 Å². The number of benzene rings is 2. The van der Waals surface area contributed by atoms with Gasteiger partial charge in [-0.1, -0.05) is 6.58 Å². The predicted molar refractivity (Wildman–Crippen MR) is 146 cm³/mol. The van der Waals surface area contributed by atoms with Crippen LogP contribution in [0.2, 0.25) is 0 Å². The largest absolute Gasteiger partial charge is 0.508 e. The maximum atomic E-state index is 13.1. The van der Waals surface area contributed by atoms with Gasteiger partial charge in [-0.3, -0.25) is 9.80 Å². The van der Waals surface area contributed by atoms with Gasteiger partial charge in [-0.2, -0.15) is 5.10 Å². The molecule has 208 valence electrons. The van der Waals surface area contributed by atoms with Crippen LogP contribution in [0.3, 0.4) is 0 Å². The molecule has 0 saturated carbocycles. The summed E-state index contributed by atoms with van der Waals surface area (Å²) in [7, 11) is 4.54. The molecule has 2 aliphatic rings. The monoisotopic (exact) mass is 538 g/mol. The van der Waals surface area contributed by atoms with Gasteiger partial charge in [-0.05, 0) is 67.5 Å². The Morgan fingerprint density at radius 3 is 2.31 bits per heavy atom. The molecule has 1 unspecified atom stereocenters. The number of phenols is 1. The van der Waals surface area contributed by atoms with E-state index in [1.54, 1.807) is 47.5 Å². The molecule has 0 amide bonds. The van der Waals surface area contributed by atoms with Crippen LogP contribution in [0.25, 0.3) is 0 Å². The topological polar surface area (TPSA) is 119 Å². The number of carboxylic acid groups (broad SMARTS) is 1. The van der Waals surface area contributed by atoms with Crippen LogP contribution in [0.1, 0.15) is 25.3 Å². The van der Waals surface area contributed by atoms with E-state index in [-0.39, 0.29) is 12.5 Å². The van der Waals surface area contributed by atoms with Crippen LogP contribution >= 0.6 is 0 Å². The Balaban J connectivity index is 1.89. The van der Waals surface area contributed by atoms with E-state index in [1.165, 1.54) is 21.3 Å². The molecule has 2 N–H and O–H groups in total. The van der Waals surface area contributed by atoms with Crippen molar-refractivity contribution in [3.05, 3.63) is 65.9 Å². The minimum absolute atomic E-state index is 0.103. The summed E-state index contributed by atoms with van der Waals surface area (Å²) in [6, 6.07) is 10.1. The van der Waals surface area contributed by atoms with Gasteiger partial charge >= 0.3 is 5.97 Å². The van der Waals surface area contributed by atoms with Crippen LogP contribution in [0, 0.1) is 11.8 Å². The van der Waals surface area contributed by atoms with Crippen LogP contribution in [0.4, 0.5) is 5.69 Å². The number of carbonyl (C=O) groups is 1. The molecule has 0 bridgehead atoms. The molecular formula is C29H34N2O8. The summed E-state index contributed by atoms with van der Waals surface area (Å²) >= 11 is 0. The van der Waals surface area contributed by atoms with Crippen LogP contribution in [-0.2, 0) is 14.3 Å². The van der Waals surface area contributed by atoms with Crippen molar-refractivity contribution in [2.45, 2.75) is 25.9 Å². The van der Waals surface area contributed by atoms with Crippen LogP contribution in [0.5, 0.6) is 23.0 Å². The SMILES string of the molecule is C=C1/C=C(\C)C2=NN(c3ccc(O)cc3)C[C@H]2[C@H](C(=O)O)[C@H](c2cc(OC)c(OC)c(OC)c2)C(C)OCO1. The minimum Gasteiger partial charge on any atom is -0.508 e. The molecule has 0 fully saturated rings. The minimum atomic E-state index is -0.999. The van der Waals surface area contributed by atoms with E-state index < -0.39 is 29.8 Å². The number of methoxy groups -OCH3 is 3. The zero-order valence-electron chi connectivity index (χ0n) is 22.7. The number of hydrogen-bond acceptors (Lipinski definition) is 9. The zero-order valence-corrected chi connectivity index (χ0v) is 22.7. The summed E-state index contributed by atoms with van der Waals surface area (Å²) in [6.07, 6.45) is 1.14. The van der Waals surface area contributed by atoms with Crippen molar-refractivity contribution in [3.8, 4) is 23.0 Å². The van der Waals surface area contributed by atoms with Crippen LogP contribution < -0.4 is 19.2 Å². The Morgan fingerprint density at radius 2 is 1.74 bits per heavy atom. The Bertz CT molecular complexity index is 1260. The molecular weight excluding hydrogens is 504 g/mol. The number of carboxylic acids is 1. The van der Waals surface area contributed by atoms with Gasteiger partial charge in [-0.15, -0.1) is 0 Å². The second-order valence-corrected chi connectivity index (χ2v) is 9.47. The number of ether oxygens (including phenoxy) is 5. The highest BCUT2D eigenvalue weighted by atomic mass is 16.7. The number of hydrazone groups is 1. The first-order valence-electron chi connectivity index (χ1n) is 12.5. The van der Waals surface area contributed by atoms with E-state index in [4.69, 9.17) is 28.8 Å². The average Bonchev–Trinajstić information content (AvgIpc) is 3.34. The maximum Gasteiger partial charge on any atom is 0.307 e. The molecule has 4 atom stereocenters. The summed E-state index contributed by atoms with van der Waals surface area (Å²) in [5.41, 5.74) is 2.70. The first-order chi connectivity index (χ1) is 18.7. The van der Waals surface area contributed by atoms with Gasteiger partial charge < -0.3 is 33.9 Å². The fraction of sp³-hybridized carbons (Fsp3) is 0.379. The highest BCUT2D eigenvalue weighted by molar-refractivity contribution is 6.05. The normalized spacial score (nSPS) is 24.8. The lowest BCUT2D eigenvalue weighted by atomic mass is 9.72. The summed E-state index contributed by atoms with van der Waals surface area (Å²) in [6.45, 7) is 7.82. The summed E-state index contributed by atoms with van der Waals surface area (Å²) in [5.74, 6) is -1.43. The molecule has 0 aromatic heterocycles. The van der Waals surface area contributed by atoms with Crippen LogP contribution in [0.15, 0.2) is 65.5 Å². The second kappa shape index (κ2) is 11.7. The molecule has 39 heavy (non-hydrogen) atoms. The number of phenolic OH excluding ortho intramolecular Hbond substituents is 1. The molecule has 2 aliphatic heterocycles. The smallest absolute Gasteiger partial charge is 0.307 e. The van der Waals surface area contributed by atoms with E-state index in [0.717, 1.165) is 11.3 Å². The fourth-order valence-electron chi connectivity index (χ4n) is 5.28. The Hall–Kier alpha value is -4.18. The van der Waals surface area contributed by atoms with Gasteiger partial charge in [0.15, 0.2) is 18.3 Å². The molecule has 0 spiro atoms. The third kappa shape index (κ3) is 5.65. The Labute approximate surface area is 227 Å². The first-order valence-corrected chi connectivity index (χ1v) is 12.5. The third-order valence-corrected chi connectivity index (χ3v) is 7.14. The molecule has 0 aliphatic carbocycles. The quantitative estimate of drug-likeness (QED) is 0.546. The zero-order chi connectivity index (χ0) is 28.3. The van der Waals surface area contributed by atoms with Crippen molar-refractivity contribution in [2.75, 3.05) is 39.7 Å². The number of rotatable bonds is 6. The summed E-state index contributed by atoms with van der Waals surface area (Å²) in [4.78, 5) is 13.1. The number of aliphatic carboxylic acids is 1. The lowest BCUT2D eigenvalue weighted by molar-refractivity contribution is -0.147. The number of fused-ring (bicyclic) bond motifs is 1. The number of nitrogens with zero attached hydrogens (tertiary/aromatic N) is 2. The van der Waals surface area contributed by atoms with E-state index in [1.807, 2.05) is 13.8 Å². The van der Waals surface area contributed by atoms with Crippen molar-refractivity contribution in [1.82, 2.24) is 0 Å². The molecule has 10 heteroatoms. The van der Waals surface area contributed by atoms with E-state index >= 15 is 0 Å². The summed E-state index contributed by atoms with van der Waals surface area (Å²) < 4.78 is 28.4. The van der Waals surface area contributed by atoms with Crippen molar-refractivity contribution < 1.29 is 38.7 Å². The molecule has 4 rings (SSSR count). The molecule has 2 heterocycles. The van der Waals surface area contributed by atoms with Gasteiger partial charge in [0.1, 0.15) is 11.5 Å². The fourth-order valence-corrected chi connectivity index (χ4v) is 5.28. The number of aromatic hydroxyl groups is 1. The van der Waals surface area contributed by atoms with Crippen molar-refractivity contribution in [1.29, 1.82) is 0 Å². The van der Waals surface area contributed by atoms with Crippen molar-refractivity contribution in [3.63, 3.8) is 0 Å². The van der Waals surface area contributed by atoms with Gasteiger partial charge in [-0.25, -0.2) is 0 Å². The lowest BCUT2D eigenvalue weighted by Gasteiger charge is -2.34.